The van der Waals surface area contributed by atoms with E-state index in [1.165, 1.54) is 0 Å². The summed E-state index contributed by atoms with van der Waals surface area (Å²) in [7, 11) is 0. The first-order chi connectivity index (χ1) is 10.1. The van der Waals surface area contributed by atoms with Crippen LogP contribution in [0.15, 0.2) is 6.07 Å². The lowest BCUT2D eigenvalue weighted by Gasteiger charge is -2.32. The van der Waals surface area contributed by atoms with Gasteiger partial charge in [-0.05, 0) is 13.5 Å². The first-order valence-corrected chi connectivity index (χ1v) is 7.31. The van der Waals surface area contributed by atoms with E-state index >= 15 is 0 Å². The van der Waals surface area contributed by atoms with Gasteiger partial charge < -0.3 is 15.4 Å². The number of halogens is 2. The van der Waals surface area contributed by atoms with E-state index in [0.29, 0.717) is 19.7 Å². The Morgan fingerprint density at radius 3 is 2.67 bits per heavy atom. The molecule has 2 N–H and O–H groups in total. The molecule has 0 aromatic carbocycles. The van der Waals surface area contributed by atoms with Crippen LogP contribution in [-0.4, -0.2) is 55.3 Å². The summed E-state index contributed by atoms with van der Waals surface area (Å²) in [5.74, 6) is -1.28. The van der Waals surface area contributed by atoms with Crippen LogP contribution in [0.5, 0.6) is 0 Å². The van der Waals surface area contributed by atoms with E-state index in [2.05, 4.69) is 27.4 Å². The Labute approximate surface area is 123 Å². The third kappa shape index (κ3) is 4.25. The standard InChI is InChI=1S/C14H22F2N4O/c1-3-17-13-11(15)7-12(16)14(19-13)18-8-10-9-20(4-2)5-6-21-10/h7,10H,3-6,8-9H2,1-2H3,(H2,17,18,19). The molecule has 1 aromatic heterocycles. The van der Waals surface area contributed by atoms with E-state index in [1.54, 1.807) is 0 Å². The fourth-order valence-electron chi connectivity index (χ4n) is 2.28. The topological polar surface area (TPSA) is 49.4 Å². The molecule has 0 spiro atoms. The highest BCUT2D eigenvalue weighted by molar-refractivity contribution is 5.47. The average Bonchev–Trinajstić information content (AvgIpc) is 2.49. The van der Waals surface area contributed by atoms with Gasteiger partial charge in [-0.3, -0.25) is 4.90 Å². The molecule has 118 valence electrons. The number of aromatic nitrogens is 1. The average molecular weight is 300 g/mol. The maximum absolute atomic E-state index is 13.7. The number of pyridine rings is 1. The van der Waals surface area contributed by atoms with E-state index in [-0.39, 0.29) is 17.7 Å². The van der Waals surface area contributed by atoms with Crippen LogP contribution in [0.4, 0.5) is 20.4 Å². The highest BCUT2D eigenvalue weighted by atomic mass is 19.1. The van der Waals surface area contributed by atoms with Gasteiger partial charge in [-0.2, -0.15) is 0 Å². The largest absolute Gasteiger partial charge is 0.374 e. The molecule has 7 heteroatoms. The van der Waals surface area contributed by atoms with Gasteiger partial charge in [0, 0.05) is 32.2 Å². The fourth-order valence-corrected chi connectivity index (χ4v) is 2.28. The summed E-state index contributed by atoms with van der Waals surface area (Å²) in [5, 5.41) is 5.67. The normalized spacial score (nSPS) is 19.5. The number of morpholine rings is 1. The minimum Gasteiger partial charge on any atom is -0.374 e. The van der Waals surface area contributed by atoms with Gasteiger partial charge in [0.2, 0.25) is 0 Å². The number of hydrogen-bond donors (Lipinski definition) is 2. The minimum atomic E-state index is -0.697. The van der Waals surface area contributed by atoms with Gasteiger partial charge in [-0.15, -0.1) is 0 Å². The summed E-state index contributed by atoms with van der Waals surface area (Å²) in [6.07, 6.45) is -0.0208. The Bertz CT molecular complexity index is 473. The third-order valence-electron chi connectivity index (χ3n) is 3.44. The first-order valence-electron chi connectivity index (χ1n) is 7.31. The lowest BCUT2D eigenvalue weighted by molar-refractivity contribution is -0.0192. The number of ether oxygens (including phenoxy) is 1. The van der Waals surface area contributed by atoms with Gasteiger partial charge in [-0.25, -0.2) is 13.8 Å². The van der Waals surface area contributed by atoms with E-state index in [9.17, 15) is 8.78 Å². The van der Waals surface area contributed by atoms with Crippen LogP contribution < -0.4 is 10.6 Å². The first kappa shape index (κ1) is 15.9. The molecule has 21 heavy (non-hydrogen) atoms. The highest BCUT2D eigenvalue weighted by Gasteiger charge is 2.20. The lowest BCUT2D eigenvalue weighted by atomic mass is 10.2. The minimum absolute atomic E-state index is 0.0208. The molecule has 1 aromatic rings. The second-order valence-corrected chi connectivity index (χ2v) is 4.95. The molecule has 0 saturated carbocycles. The van der Waals surface area contributed by atoms with Crippen molar-refractivity contribution in [1.82, 2.24) is 9.88 Å². The number of rotatable bonds is 6. The van der Waals surface area contributed by atoms with E-state index in [1.807, 2.05) is 6.92 Å². The van der Waals surface area contributed by atoms with Crippen molar-refractivity contribution in [2.45, 2.75) is 20.0 Å². The molecule has 1 fully saturated rings. The Morgan fingerprint density at radius 1 is 1.29 bits per heavy atom. The van der Waals surface area contributed by atoms with Gasteiger partial charge in [0.15, 0.2) is 23.3 Å². The Hall–Kier alpha value is -1.47. The Balaban J connectivity index is 1.97. The van der Waals surface area contributed by atoms with Gasteiger partial charge in [0.25, 0.3) is 0 Å². The van der Waals surface area contributed by atoms with Crippen LogP contribution in [-0.2, 0) is 4.74 Å². The van der Waals surface area contributed by atoms with E-state index in [0.717, 1.165) is 25.7 Å². The lowest BCUT2D eigenvalue weighted by Crippen LogP contribution is -2.45. The molecule has 1 atom stereocenters. The molecular formula is C14H22F2N4O. The molecule has 1 saturated heterocycles. The SMILES string of the molecule is CCNc1nc(NCC2CN(CC)CCO2)c(F)cc1F. The Kier molecular flexibility index (Phi) is 5.69. The quantitative estimate of drug-likeness (QED) is 0.840. The van der Waals surface area contributed by atoms with Crippen molar-refractivity contribution < 1.29 is 13.5 Å². The number of hydrogen-bond acceptors (Lipinski definition) is 5. The van der Waals surface area contributed by atoms with Crippen LogP contribution >= 0.6 is 0 Å². The zero-order chi connectivity index (χ0) is 15.2. The van der Waals surface area contributed by atoms with Crippen molar-refractivity contribution >= 4 is 11.6 Å². The van der Waals surface area contributed by atoms with Crippen LogP contribution in [0.2, 0.25) is 0 Å². The summed E-state index contributed by atoms with van der Waals surface area (Å²) in [6, 6.07) is 0.841. The number of nitrogens with zero attached hydrogens (tertiary/aromatic N) is 2. The van der Waals surface area contributed by atoms with Crippen LogP contribution in [0.1, 0.15) is 13.8 Å². The molecule has 0 bridgehead atoms. The van der Waals surface area contributed by atoms with E-state index in [4.69, 9.17) is 4.74 Å². The van der Waals surface area contributed by atoms with Crippen molar-refractivity contribution in [3.8, 4) is 0 Å². The monoisotopic (exact) mass is 300 g/mol. The molecule has 1 aliphatic rings. The van der Waals surface area contributed by atoms with Gasteiger partial charge >= 0.3 is 0 Å². The molecule has 2 rings (SSSR count). The second kappa shape index (κ2) is 7.51. The molecule has 2 heterocycles. The summed E-state index contributed by atoms with van der Waals surface area (Å²) >= 11 is 0. The molecule has 1 unspecified atom stereocenters. The summed E-state index contributed by atoms with van der Waals surface area (Å²) in [5.41, 5.74) is 0. The van der Waals surface area contributed by atoms with Crippen LogP contribution in [0.25, 0.3) is 0 Å². The smallest absolute Gasteiger partial charge is 0.168 e. The van der Waals surface area contributed by atoms with Crippen LogP contribution in [0, 0.1) is 11.6 Å². The zero-order valence-electron chi connectivity index (χ0n) is 12.5. The predicted octanol–water partition coefficient (Wildman–Crippen LogP) is 1.92. The van der Waals surface area contributed by atoms with Crippen LogP contribution in [0.3, 0.4) is 0 Å². The molecule has 5 nitrogen and oxygen atoms in total. The molecule has 1 aliphatic heterocycles. The van der Waals surface area contributed by atoms with Crippen molar-refractivity contribution in [2.75, 3.05) is 50.0 Å². The van der Waals surface area contributed by atoms with Gasteiger partial charge in [0.1, 0.15) is 0 Å². The van der Waals surface area contributed by atoms with E-state index < -0.39 is 11.6 Å². The summed E-state index contributed by atoms with van der Waals surface area (Å²) in [6.45, 7) is 8.24. The van der Waals surface area contributed by atoms with Crippen molar-refractivity contribution in [2.24, 2.45) is 0 Å². The Morgan fingerprint density at radius 2 is 2.00 bits per heavy atom. The van der Waals surface area contributed by atoms with Gasteiger partial charge in [0.05, 0.1) is 12.7 Å². The predicted molar refractivity (Wildman–Crippen MR) is 78.7 cm³/mol. The zero-order valence-corrected chi connectivity index (χ0v) is 12.5. The molecule has 0 amide bonds. The number of nitrogens with one attached hydrogen (secondary N) is 2. The third-order valence-corrected chi connectivity index (χ3v) is 3.44. The maximum Gasteiger partial charge on any atom is 0.168 e. The number of anilines is 2. The fraction of sp³-hybridized carbons (Fsp3) is 0.643. The van der Waals surface area contributed by atoms with Crippen molar-refractivity contribution in [1.29, 1.82) is 0 Å². The summed E-state index contributed by atoms with van der Waals surface area (Å²) < 4.78 is 32.8. The molecule has 0 aliphatic carbocycles. The number of likely N-dealkylation sites (N-methyl/N-ethyl adjacent to an activating group) is 1. The molecule has 0 radical (unpaired) electrons. The second-order valence-electron chi connectivity index (χ2n) is 4.95. The highest BCUT2D eigenvalue weighted by Crippen LogP contribution is 2.19. The van der Waals surface area contributed by atoms with Gasteiger partial charge in [-0.1, -0.05) is 6.92 Å². The van der Waals surface area contributed by atoms with Crippen molar-refractivity contribution in [3.63, 3.8) is 0 Å². The summed E-state index contributed by atoms with van der Waals surface area (Å²) in [4.78, 5) is 6.22. The molecular weight excluding hydrogens is 278 g/mol. The van der Waals surface area contributed by atoms with Crippen molar-refractivity contribution in [3.05, 3.63) is 17.7 Å². The maximum atomic E-state index is 13.7.